The van der Waals surface area contributed by atoms with Gasteiger partial charge in [0.25, 0.3) is 0 Å². The fraction of sp³-hybridized carbons (Fsp3) is 0.190. The van der Waals surface area contributed by atoms with Crippen molar-refractivity contribution in [1.29, 1.82) is 0 Å². The van der Waals surface area contributed by atoms with Gasteiger partial charge in [0.2, 0.25) is 5.91 Å². The Morgan fingerprint density at radius 3 is 2.85 bits per heavy atom. The molecule has 0 saturated heterocycles. The monoisotopic (exact) mass is 379 g/mol. The number of hydrazone groups is 1. The maximum atomic E-state index is 12.2. The quantitative estimate of drug-likeness (QED) is 0.398. The van der Waals surface area contributed by atoms with Crippen LogP contribution in [0.3, 0.4) is 0 Å². The lowest BCUT2D eigenvalue weighted by Gasteiger charge is -2.08. The molecule has 2 aromatic carbocycles. The van der Waals surface area contributed by atoms with Crippen molar-refractivity contribution in [2.75, 3.05) is 12.9 Å². The van der Waals surface area contributed by atoms with E-state index in [1.807, 2.05) is 56.3 Å². The van der Waals surface area contributed by atoms with Gasteiger partial charge in [-0.05, 0) is 44.2 Å². The summed E-state index contributed by atoms with van der Waals surface area (Å²) in [6.45, 7) is 4.01. The minimum absolute atomic E-state index is 0.165. The van der Waals surface area contributed by atoms with E-state index in [4.69, 9.17) is 4.74 Å². The molecule has 0 aliphatic heterocycles. The maximum absolute atomic E-state index is 12.2. The van der Waals surface area contributed by atoms with Gasteiger partial charge in [-0.2, -0.15) is 5.10 Å². The van der Waals surface area contributed by atoms with Gasteiger partial charge in [0.05, 0.1) is 24.6 Å². The molecule has 3 aromatic rings. The number of rotatable bonds is 6. The van der Waals surface area contributed by atoms with Crippen LogP contribution in [-0.4, -0.2) is 30.0 Å². The molecule has 27 heavy (non-hydrogen) atoms. The highest BCUT2D eigenvalue weighted by Gasteiger charge is 2.08. The first-order chi connectivity index (χ1) is 13.1. The average Bonchev–Trinajstić information content (AvgIpc) is 2.67. The number of hydrogen-bond donors (Lipinski definition) is 1. The second-order valence-electron chi connectivity index (χ2n) is 6.11. The number of nitrogens with zero attached hydrogens (tertiary/aromatic N) is 2. The number of aryl methyl sites for hydroxylation is 2. The molecule has 138 valence electrons. The molecular formula is C21H21N3O2S. The summed E-state index contributed by atoms with van der Waals surface area (Å²) in [7, 11) is 1.60. The lowest BCUT2D eigenvalue weighted by molar-refractivity contribution is -0.118. The Labute approximate surface area is 162 Å². The van der Waals surface area contributed by atoms with E-state index in [1.54, 1.807) is 13.3 Å². The first-order valence-electron chi connectivity index (χ1n) is 8.52. The predicted octanol–water partition coefficient (Wildman–Crippen LogP) is 4.10. The van der Waals surface area contributed by atoms with Gasteiger partial charge in [-0.25, -0.2) is 5.43 Å². The van der Waals surface area contributed by atoms with Crippen molar-refractivity contribution in [3.05, 3.63) is 65.4 Å². The Hall–Kier alpha value is -2.86. The van der Waals surface area contributed by atoms with Crippen molar-refractivity contribution in [1.82, 2.24) is 10.4 Å². The van der Waals surface area contributed by atoms with Gasteiger partial charge in [-0.3, -0.25) is 9.78 Å². The van der Waals surface area contributed by atoms with Crippen LogP contribution in [0, 0.1) is 13.8 Å². The van der Waals surface area contributed by atoms with Crippen LogP contribution in [0.25, 0.3) is 10.9 Å². The second kappa shape index (κ2) is 8.68. The Kier molecular flexibility index (Phi) is 6.08. The van der Waals surface area contributed by atoms with E-state index in [-0.39, 0.29) is 11.7 Å². The van der Waals surface area contributed by atoms with Gasteiger partial charge in [0.15, 0.2) is 0 Å². The molecule has 0 fully saturated rings. The van der Waals surface area contributed by atoms with E-state index in [0.29, 0.717) is 5.75 Å². The zero-order valence-electron chi connectivity index (χ0n) is 15.5. The smallest absolute Gasteiger partial charge is 0.250 e. The van der Waals surface area contributed by atoms with Crippen LogP contribution in [0.1, 0.15) is 16.8 Å². The van der Waals surface area contributed by atoms with Gasteiger partial charge in [0.1, 0.15) is 5.75 Å². The van der Waals surface area contributed by atoms with Gasteiger partial charge in [-0.15, -0.1) is 11.8 Å². The molecule has 0 unspecified atom stereocenters. The van der Waals surface area contributed by atoms with E-state index >= 15 is 0 Å². The van der Waals surface area contributed by atoms with Crippen LogP contribution in [0.4, 0.5) is 0 Å². The van der Waals surface area contributed by atoms with Crippen LogP contribution >= 0.6 is 11.8 Å². The Balaban J connectivity index is 1.65. The lowest BCUT2D eigenvalue weighted by atomic mass is 10.1. The maximum Gasteiger partial charge on any atom is 0.250 e. The standard InChI is InChI=1S/C21H21N3O2S/c1-14-8-9-18-17(10-14)20(11-15(2)23-18)27-13-21(25)24-22-12-16-6-4-5-7-19(16)26-3/h4-12H,13H2,1-3H3,(H,24,25). The Bertz CT molecular complexity index is 1000. The van der Waals surface area contributed by atoms with Gasteiger partial charge in [0, 0.05) is 21.5 Å². The number of carbonyl (C=O) groups excluding carboxylic acids is 1. The average molecular weight is 379 g/mol. The normalized spacial score (nSPS) is 11.1. The SMILES string of the molecule is COc1ccccc1C=NNC(=O)CSc1cc(C)nc2ccc(C)cc12. The molecule has 6 heteroatoms. The molecule has 0 spiro atoms. The van der Waals surface area contributed by atoms with Crippen LogP contribution < -0.4 is 10.2 Å². The van der Waals surface area contributed by atoms with Gasteiger partial charge < -0.3 is 4.74 Å². The summed E-state index contributed by atoms with van der Waals surface area (Å²) in [5.41, 5.74) is 6.41. The number of benzene rings is 2. The lowest BCUT2D eigenvalue weighted by Crippen LogP contribution is -2.19. The highest BCUT2D eigenvalue weighted by atomic mass is 32.2. The summed E-state index contributed by atoms with van der Waals surface area (Å²) in [5, 5.41) is 5.09. The Morgan fingerprint density at radius 2 is 2.04 bits per heavy atom. The number of nitrogens with one attached hydrogen (secondary N) is 1. The number of carbonyl (C=O) groups is 1. The summed E-state index contributed by atoms with van der Waals surface area (Å²) in [6, 6.07) is 15.7. The number of para-hydroxylation sites is 1. The number of hydrogen-bond acceptors (Lipinski definition) is 5. The fourth-order valence-electron chi connectivity index (χ4n) is 2.68. The number of fused-ring (bicyclic) bond motifs is 1. The van der Waals surface area contributed by atoms with Crippen molar-refractivity contribution in [3.63, 3.8) is 0 Å². The van der Waals surface area contributed by atoms with E-state index in [2.05, 4.69) is 21.6 Å². The van der Waals surface area contributed by atoms with Crippen LogP contribution in [0.5, 0.6) is 5.75 Å². The number of methoxy groups -OCH3 is 1. The zero-order valence-corrected chi connectivity index (χ0v) is 16.3. The molecule has 1 N–H and O–H groups in total. The summed E-state index contributed by atoms with van der Waals surface area (Å²) in [4.78, 5) is 17.8. The third kappa shape index (κ3) is 4.86. The third-order valence-corrected chi connectivity index (χ3v) is 5.00. The zero-order chi connectivity index (χ0) is 19.2. The van der Waals surface area contributed by atoms with Crippen LogP contribution in [-0.2, 0) is 4.79 Å². The summed E-state index contributed by atoms with van der Waals surface area (Å²) >= 11 is 1.48. The molecular weight excluding hydrogens is 358 g/mol. The highest BCUT2D eigenvalue weighted by Crippen LogP contribution is 2.28. The second-order valence-corrected chi connectivity index (χ2v) is 7.12. The number of amides is 1. The van der Waals surface area contributed by atoms with Crippen LogP contribution in [0.15, 0.2) is 58.5 Å². The highest BCUT2D eigenvalue weighted by molar-refractivity contribution is 8.00. The number of pyridine rings is 1. The van der Waals surface area contributed by atoms with E-state index in [1.165, 1.54) is 17.3 Å². The fourth-order valence-corrected chi connectivity index (χ4v) is 3.60. The first-order valence-corrected chi connectivity index (χ1v) is 9.51. The number of aromatic nitrogens is 1. The van der Waals surface area contributed by atoms with Crippen molar-refractivity contribution in [3.8, 4) is 5.75 Å². The molecule has 1 amide bonds. The topological polar surface area (TPSA) is 63.6 Å². The van der Waals surface area contributed by atoms with E-state index < -0.39 is 0 Å². The summed E-state index contributed by atoms with van der Waals surface area (Å²) < 4.78 is 5.26. The molecule has 0 atom stereocenters. The number of ether oxygens (including phenoxy) is 1. The van der Waals surface area contributed by atoms with Crippen LogP contribution in [0.2, 0.25) is 0 Å². The first kappa shape index (κ1) is 18.9. The number of thioether (sulfide) groups is 1. The van der Waals surface area contributed by atoms with Crippen molar-refractivity contribution < 1.29 is 9.53 Å². The molecule has 0 radical (unpaired) electrons. The molecule has 1 aromatic heterocycles. The summed E-state index contributed by atoms with van der Waals surface area (Å²) in [5.74, 6) is 0.816. The van der Waals surface area contributed by atoms with E-state index in [0.717, 1.165) is 27.1 Å². The molecule has 0 bridgehead atoms. The van der Waals surface area contributed by atoms with Crippen molar-refractivity contribution in [2.45, 2.75) is 18.7 Å². The van der Waals surface area contributed by atoms with Crippen molar-refractivity contribution >= 4 is 34.8 Å². The largest absolute Gasteiger partial charge is 0.496 e. The molecule has 0 aliphatic carbocycles. The predicted molar refractivity (Wildman–Crippen MR) is 111 cm³/mol. The minimum Gasteiger partial charge on any atom is -0.496 e. The Morgan fingerprint density at radius 1 is 1.22 bits per heavy atom. The molecule has 0 saturated carbocycles. The third-order valence-electron chi connectivity index (χ3n) is 3.94. The summed E-state index contributed by atoms with van der Waals surface area (Å²) in [6.07, 6.45) is 1.58. The van der Waals surface area contributed by atoms with Crippen molar-refractivity contribution in [2.24, 2.45) is 5.10 Å². The molecule has 3 rings (SSSR count). The minimum atomic E-state index is -0.165. The van der Waals surface area contributed by atoms with E-state index in [9.17, 15) is 4.79 Å². The molecule has 5 nitrogen and oxygen atoms in total. The molecule has 0 aliphatic rings. The van der Waals surface area contributed by atoms with Gasteiger partial charge in [-0.1, -0.05) is 23.8 Å². The molecule has 1 heterocycles. The van der Waals surface area contributed by atoms with Gasteiger partial charge >= 0.3 is 0 Å².